The van der Waals surface area contributed by atoms with Crippen LogP contribution in [0.1, 0.15) is 21.6 Å². The van der Waals surface area contributed by atoms with Crippen molar-refractivity contribution >= 4 is 12.0 Å². The fourth-order valence-electron chi connectivity index (χ4n) is 2.39. The number of pyridine rings is 1. The Hall–Kier alpha value is -3.16. The van der Waals surface area contributed by atoms with E-state index in [1.807, 2.05) is 0 Å². The molecular weight excluding hydrogens is 347 g/mol. The largest absolute Gasteiger partial charge is 0.496 e. The van der Waals surface area contributed by atoms with Gasteiger partial charge in [-0.2, -0.15) is 13.2 Å². The lowest BCUT2D eigenvalue weighted by atomic mass is 9.97. The van der Waals surface area contributed by atoms with Gasteiger partial charge in [0.2, 0.25) is 0 Å². The highest BCUT2D eigenvalue weighted by molar-refractivity contribution is 6.08. The van der Waals surface area contributed by atoms with Gasteiger partial charge in [0.1, 0.15) is 5.75 Å². The molecule has 0 amide bonds. The van der Waals surface area contributed by atoms with E-state index in [1.54, 1.807) is 0 Å². The maximum Gasteiger partial charge on any atom is 0.416 e. The number of rotatable bonds is 5. The van der Waals surface area contributed by atoms with Crippen LogP contribution in [0.5, 0.6) is 5.75 Å². The van der Waals surface area contributed by atoms with Gasteiger partial charge in [-0.25, -0.2) is 0 Å². The third kappa shape index (κ3) is 3.90. The zero-order valence-corrected chi connectivity index (χ0v) is 14.0. The first-order valence-electron chi connectivity index (χ1n) is 7.42. The van der Waals surface area contributed by atoms with E-state index in [2.05, 4.69) is 9.98 Å². The van der Waals surface area contributed by atoms with Gasteiger partial charge in [-0.15, -0.1) is 0 Å². The van der Waals surface area contributed by atoms with Crippen LogP contribution < -0.4 is 10.5 Å². The lowest BCUT2D eigenvalue weighted by Crippen LogP contribution is -2.07. The first-order valence-corrected chi connectivity index (χ1v) is 7.42. The molecule has 0 saturated heterocycles. The normalized spacial score (nSPS) is 12.4. The van der Waals surface area contributed by atoms with Crippen LogP contribution in [0.15, 0.2) is 47.7 Å². The molecule has 2 N–H and O–H groups in total. The van der Waals surface area contributed by atoms with E-state index >= 15 is 0 Å². The van der Waals surface area contributed by atoms with E-state index in [4.69, 9.17) is 10.5 Å². The Morgan fingerprint density at radius 2 is 2.00 bits per heavy atom. The maximum atomic E-state index is 13.1. The molecule has 2 rings (SSSR count). The summed E-state index contributed by atoms with van der Waals surface area (Å²) in [6, 6.07) is 4.54. The molecule has 26 heavy (non-hydrogen) atoms. The quantitative estimate of drug-likeness (QED) is 0.652. The number of methoxy groups -OCH3 is 1. The number of halogens is 3. The lowest BCUT2D eigenvalue weighted by molar-refractivity contribution is -0.137. The predicted octanol–water partition coefficient (Wildman–Crippen LogP) is 3.48. The third-order valence-electron chi connectivity index (χ3n) is 3.64. The molecule has 1 heterocycles. The predicted molar refractivity (Wildman–Crippen MR) is 92.4 cm³/mol. The summed E-state index contributed by atoms with van der Waals surface area (Å²) in [6.07, 6.45) is 0.0229. The molecule has 0 unspecified atom stereocenters. The van der Waals surface area contributed by atoms with Crippen LogP contribution >= 0.6 is 0 Å². The molecule has 8 heteroatoms. The molecule has 0 spiro atoms. The molecule has 0 aliphatic rings. The van der Waals surface area contributed by atoms with Crippen molar-refractivity contribution < 1.29 is 22.7 Å². The molecule has 1 aromatic heterocycles. The Morgan fingerprint density at radius 1 is 1.27 bits per heavy atom. The third-order valence-corrected chi connectivity index (χ3v) is 3.64. The van der Waals surface area contributed by atoms with Crippen molar-refractivity contribution in [2.75, 3.05) is 14.2 Å². The second-order valence-corrected chi connectivity index (χ2v) is 5.16. The number of aromatic nitrogens is 1. The fraction of sp³-hybridized carbons (Fsp3) is 0.167. The van der Waals surface area contributed by atoms with Gasteiger partial charge in [-0.05, 0) is 42.1 Å². The maximum absolute atomic E-state index is 13.1. The minimum absolute atomic E-state index is 0.124. The van der Waals surface area contributed by atoms with Crippen LogP contribution in [-0.2, 0) is 6.18 Å². The standard InChI is InChI=1S/C18H16F3N3O2/c1-23-15(5-6-22)16-8-13(11(10-25)9-24-16)14-7-12(18(19,20)21)3-4-17(14)26-2/h3-10H,22H2,1-2H3/b6-5-,23-15?. The molecular formula is C18H16F3N3O2. The number of alkyl halides is 3. The molecule has 0 radical (unpaired) electrons. The van der Waals surface area contributed by atoms with Crippen LogP contribution in [0.2, 0.25) is 0 Å². The molecule has 0 aliphatic carbocycles. The van der Waals surface area contributed by atoms with Gasteiger partial charge in [0.15, 0.2) is 6.29 Å². The highest BCUT2D eigenvalue weighted by Crippen LogP contribution is 2.38. The summed E-state index contributed by atoms with van der Waals surface area (Å²) in [5.41, 5.74) is 5.79. The molecule has 5 nitrogen and oxygen atoms in total. The van der Waals surface area contributed by atoms with Gasteiger partial charge < -0.3 is 10.5 Å². The van der Waals surface area contributed by atoms with E-state index in [-0.39, 0.29) is 22.4 Å². The second kappa shape index (κ2) is 7.81. The number of benzene rings is 1. The number of carbonyl (C=O) groups excluding carboxylic acids is 1. The van der Waals surface area contributed by atoms with Crippen LogP contribution in [0.3, 0.4) is 0 Å². The van der Waals surface area contributed by atoms with Crippen molar-refractivity contribution in [1.29, 1.82) is 0 Å². The number of aldehydes is 1. The number of carbonyl (C=O) groups is 1. The Balaban J connectivity index is 2.75. The number of aliphatic imine (C=N–C) groups is 1. The minimum Gasteiger partial charge on any atom is -0.496 e. The number of allylic oxidation sites excluding steroid dienone is 1. The van der Waals surface area contributed by atoms with Gasteiger partial charge >= 0.3 is 6.18 Å². The van der Waals surface area contributed by atoms with Gasteiger partial charge in [-0.3, -0.25) is 14.8 Å². The first kappa shape index (κ1) is 19.2. The molecule has 2 aromatic rings. The Labute approximate surface area is 148 Å². The number of hydrogen-bond acceptors (Lipinski definition) is 5. The van der Waals surface area contributed by atoms with E-state index in [0.29, 0.717) is 17.7 Å². The average molecular weight is 363 g/mol. The first-order chi connectivity index (χ1) is 12.3. The average Bonchev–Trinajstić information content (AvgIpc) is 2.64. The summed E-state index contributed by atoms with van der Waals surface area (Å²) in [6.45, 7) is 0. The van der Waals surface area contributed by atoms with E-state index in [1.165, 1.54) is 44.8 Å². The van der Waals surface area contributed by atoms with Crippen molar-refractivity contribution in [2.45, 2.75) is 6.18 Å². The Kier molecular flexibility index (Phi) is 5.76. The summed E-state index contributed by atoms with van der Waals surface area (Å²) < 4.78 is 44.5. The van der Waals surface area contributed by atoms with E-state index in [0.717, 1.165) is 12.1 Å². The minimum atomic E-state index is -4.53. The molecule has 0 saturated carbocycles. The van der Waals surface area contributed by atoms with Crippen molar-refractivity contribution in [3.8, 4) is 16.9 Å². The molecule has 0 atom stereocenters. The van der Waals surface area contributed by atoms with E-state index in [9.17, 15) is 18.0 Å². The summed E-state index contributed by atoms with van der Waals surface area (Å²) in [5.74, 6) is 0.197. The zero-order chi connectivity index (χ0) is 19.3. The monoisotopic (exact) mass is 363 g/mol. The lowest BCUT2D eigenvalue weighted by Gasteiger charge is -2.15. The fourth-order valence-corrected chi connectivity index (χ4v) is 2.39. The van der Waals surface area contributed by atoms with Gasteiger partial charge in [0.25, 0.3) is 0 Å². The van der Waals surface area contributed by atoms with Gasteiger partial charge in [-0.1, -0.05) is 0 Å². The van der Waals surface area contributed by atoms with Crippen LogP contribution in [-0.4, -0.2) is 31.1 Å². The molecule has 0 aliphatic heterocycles. The van der Waals surface area contributed by atoms with Crippen LogP contribution in [0, 0.1) is 0 Å². The SMILES string of the molecule is CN=C(/C=C\N)c1cc(-c2cc(C(F)(F)F)ccc2OC)c(C=O)cn1. The summed E-state index contributed by atoms with van der Waals surface area (Å²) in [4.78, 5) is 19.5. The van der Waals surface area contributed by atoms with Gasteiger partial charge in [0, 0.05) is 24.4 Å². The number of ether oxygens (including phenoxy) is 1. The van der Waals surface area contributed by atoms with Gasteiger partial charge in [0.05, 0.1) is 24.1 Å². The molecule has 0 bridgehead atoms. The summed E-state index contributed by atoms with van der Waals surface area (Å²) in [5, 5.41) is 0. The summed E-state index contributed by atoms with van der Waals surface area (Å²) >= 11 is 0. The highest BCUT2D eigenvalue weighted by atomic mass is 19.4. The molecule has 136 valence electrons. The van der Waals surface area contributed by atoms with Crippen LogP contribution in [0.4, 0.5) is 13.2 Å². The Bertz CT molecular complexity index is 874. The summed E-state index contributed by atoms with van der Waals surface area (Å²) in [7, 11) is 2.86. The van der Waals surface area contributed by atoms with Crippen LogP contribution in [0.25, 0.3) is 11.1 Å². The molecule has 1 aromatic carbocycles. The van der Waals surface area contributed by atoms with E-state index < -0.39 is 11.7 Å². The number of nitrogens with two attached hydrogens (primary N) is 1. The molecule has 0 fully saturated rings. The highest BCUT2D eigenvalue weighted by Gasteiger charge is 2.31. The van der Waals surface area contributed by atoms with Crippen molar-refractivity contribution in [3.05, 3.63) is 59.6 Å². The van der Waals surface area contributed by atoms with Crippen molar-refractivity contribution in [1.82, 2.24) is 4.98 Å². The number of hydrogen-bond donors (Lipinski definition) is 1. The second-order valence-electron chi connectivity index (χ2n) is 5.16. The smallest absolute Gasteiger partial charge is 0.416 e. The van der Waals surface area contributed by atoms with Crippen molar-refractivity contribution in [3.63, 3.8) is 0 Å². The zero-order valence-electron chi connectivity index (χ0n) is 14.0. The number of nitrogens with zero attached hydrogens (tertiary/aromatic N) is 2. The van der Waals surface area contributed by atoms with Crippen molar-refractivity contribution in [2.24, 2.45) is 10.7 Å². The topological polar surface area (TPSA) is 77.6 Å². The Morgan fingerprint density at radius 3 is 2.54 bits per heavy atom.